The molecular weight excluding hydrogens is 354 g/mol. The minimum atomic E-state index is -0.0414. The van der Waals surface area contributed by atoms with Gasteiger partial charge >= 0.3 is 0 Å². The van der Waals surface area contributed by atoms with Crippen molar-refractivity contribution in [1.82, 2.24) is 19.8 Å². The van der Waals surface area contributed by atoms with E-state index in [0.29, 0.717) is 19.4 Å². The van der Waals surface area contributed by atoms with E-state index in [9.17, 15) is 9.59 Å². The Morgan fingerprint density at radius 3 is 2.14 bits per heavy atom. The Morgan fingerprint density at radius 1 is 0.893 bits per heavy atom. The van der Waals surface area contributed by atoms with Crippen molar-refractivity contribution in [2.75, 3.05) is 44.2 Å². The number of carbonyl (C=O) groups is 2. The molecule has 0 N–H and O–H groups in total. The lowest BCUT2D eigenvalue weighted by molar-refractivity contribution is -0.152. The van der Waals surface area contributed by atoms with E-state index in [2.05, 4.69) is 31.6 Å². The highest BCUT2D eigenvalue weighted by molar-refractivity contribution is 5.98. The van der Waals surface area contributed by atoms with Crippen LogP contribution in [0, 0.1) is 17.3 Å². The maximum Gasteiger partial charge on any atom is 0.230 e. The van der Waals surface area contributed by atoms with Crippen LogP contribution < -0.4 is 4.90 Å². The van der Waals surface area contributed by atoms with Crippen LogP contribution >= 0.6 is 0 Å². The van der Waals surface area contributed by atoms with Gasteiger partial charge in [-0.05, 0) is 24.3 Å². The third kappa shape index (κ3) is 4.17. The quantitative estimate of drug-likeness (QED) is 0.581. The Hall–Kier alpha value is -2.46. The molecule has 3 aliphatic rings. The van der Waals surface area contributed by atoms with Gasteiger partial charge in [0, 0.05) is 51.4 Å². The molecule has 1 aromatic rings. The number of anilines is 1. The number of nitrogens with zero attached hydrogens (tertiary/aromatic N) is 5. The van der Waals surface area contributed by atoms with Crippen molar-refractivity contribution in [2.45, 2.75) is 38.5 Å². The molecule has 0 bridgehead atoms. The first-order chi connectivity index (χ1) is 13.7. The highest BCUT2D eigenvalue weighted by atomic mass is 16.2. The standard InChI is InChI=1S/C21H27N5O2/c27-18-16-21(6-1-2-7-21)17-19(28)26(18)11-4-3-10-24-12-14-25(15-13-24)20-22-8-5-9-23-20/h5,8-9H,1-2,6-7,10-17H2. The summed E-state index contributed by atoms with van der Waals surface area (Å²) in [6.07, 6.45) is 8.88. The highest BCUT2D eigenvalue weighted by Gasteiger charge is 2.44. The summed E-state index contributed by atoms with van der Waals surface area (Å²) >= 11 is 0. The second-order valence-corrected chi connectivity index (χ2v) is 8.10. The van der Waals surface area contributed by atoms with Gasteiger partial charge in [-0.15, -0.1) is 0 Å². The van der Waals surface area contributed by atoms with Gasteiger partial charge in [-0.1, -0.05) is 24.7 Å². The topological polar surface area (TPSA) is 69.6 Å². The largest absolute Gasteiger partial charge is 0.338 e. The van der Waals surface area contributed by atoms with Gasteiger partial charge in [0.05, 0.1) is 13.1 Å². The molecule has 4 rings (SSSR count). The van der Waals surface area contributed by atoms with Gasteiger partial charge in [0.15, 0.2) is 0 Å². The normalized spacial score (nSPS) is 22.4. The zero-order valence-corrected chi connectivity index (χ0v) is 16.3. The predicted molar refractivity (Wildman–Crippen MR) is 105 cm³/mol. The lowest BCUT2D eigenvalue weighted by Crippen LogP contribution is -2.47. The number of hydrogen-bond donors (Lipinski definition) is 0. The third-order valence-electron chi connectivity index (χ3n) is 6.19. The minimum Gasteiger partial charge on any atom is -0.338 e. The second-order valence-electron chi connectivity index (χ2n) is 8.10. The molecule has 0 radical (unpaired) electrons. The van der Waals surface area contributed by atoms with Gasteiger partial charge in [-0.2, -0.15) is 0 Å². The summed E-state index contributed by atoms with van der Waals surface area (Å²) in [6, 6.07) is 1.82. The van der Waals surface area contributed by atoms with E-state index >= 15 is 0 Å². The first kappa shape index (κ1) is 18.9. The first-order valence-corrected chi connectivity index (χ1v) is 10.2. The summed E-state index contributed by atoms with van der Waals surface area (Å²) in [7, 11) is 0. The lowest BCUT2D eigenvalue weighted by Gasteiger charge is -2.36. The zero-order valence-electron chi connectivity index (χ0n) is 16.3. The molecule has 1 spiro atoms. The SMILES string of the molecule is O=C1CC2(CCCC2)CC(=O)N1CC#CCN1CCN(c2ncccn2)CC1. The second kappa shape index (κ2) is 8.27. The molecule has 0 unspecified atom stereocenters. The Labute approximate surface area is 166 Å². The molecule has 0 atom stereocenters. The zero-order chi connectivity index (χ0) is 19.4. The molecule has 148 valence electrons. The molecular formula is C21H27N5O2. The van der Waals surface area contributed by atoms with Crippen LogP contribution in [0.15, 0.2) is 18.5 Å². The summed E-state index contributed by atoms with van der Waals surface area (Å²) < 4.78 is 0. The number of amides is 2. The van der Waals surface area contributed by atoms with E-state index in [1.807, 2.05) is 6.07 Å². The number of piperidine rings is 1. The van der Waals surface area contributed by atoms with E-state index in [0.717, 1.165) is 57.8 Å². The molecule has 1 saturated carbocycles. The molecule has 0 aromatic carbocycles. The number of hydrogen-bond acceptors (Lipinski definition) is 6. The smallest absolute Gasteiger partial charge is 0.230 e. The number of piperazine rings is 1. The molecule has 1 aromatic heterocycles. The van der Waals surface area contributed by atoms with Gasteiger partial charge in [-0.25, -0.2) is 9.97 Å². The third-order valence-corrected chi connectivity index (χ3v) is 6.19. The van der Waals surface area contributed by atoms with Crippen LogP contribution in [0.25, 0.3) is 0 Å². The predicted octanol–water partition coefficient (Wildman–Crippen LogP) is 1.31. The Morgan fingerprint density at radius 2 is 1.50 bits per heavy atom. The van der Waals surface area contributed by atoms with Crippen LogP contribution in [0.2, 0.25) is 0 Å². The number of imide groups is 1. The Balaban J connectivity index is 1.23. The van der Waals surface area contributed by atoms with Crippen LogP contribution in [0.3, 0.4) is 0 Å². The van der Waals surface area contributed by atoms with E-state index in [4.69, 9.17) is 0 Å². The summed E-state index contributed by atoms with van der Waals surface area (Å²) in [5.74, 6) is 6.88. The Bertz CT molecular complexity index is 751. The van der Waals surface area contributed by atoms with Crippen LogP contribution in [0.1, 0.15) is 38.5 Å². The number of rotatable bonds is 3. The first-order valence-electron chi connectivity index (χ1n) is 10.2. The van der Waals surface area contributed by atoms with Crippen LogP contribution in [0.5, 0.6) is 0 Å². The van der Waals surface area contributed by atoms with Gasteiger partial charge in [0.25, 0.3) is 0 Å². The fourth-order valence-electron chi connectivity index (χ4n) is 4.55. The van der Waals surface area contributed by atoms with Crippen molar-refractivity contribution < 1.29 is 9.59 Å². The monoisotopic (exact) mass is 381 g/mol. The van der Waals surface area contributed by atoms with E-state index < -0.39 is 0 Å². The van der Waals surface area contributed by atoms with Crippen molar-refractivity contribution in [3.8, 4) is 11.8 Å². The molecule has 7 heteroatoms. The maximum atomic E-state index is 12.4. The van der Waals surface area contributed by atoms with Crippen LogP contribution in [-0.2, 0) is 9.59 Å². The fourth-order valence-corrected chi connectivity index (χ4v) is 4.55. The van der Waals surface area contributed by atoms with Crippen LogP contribution in [-0.4, -0.2) is 70.9 Å². The van der Waals surface area contributed by atoms with Crippen molar-refractivity contribution in [2.24, 2.45) is 5.41 Å². The molecule has 1 aliphatic carbocycles. The molecule has 28 heavy (non-hydrogen) atoms. The summed E-state index contributed by atoms with van der Waals surface area (Å²) in [6.45, 7) is 4.43. The molecule has 2 amide bonds. The lowest BCUT2D eigenvalue weighted by atomic mass is 9.76. The van der Waals surface area contributed by atoms with Crippen molar-refractivity contribution in [3.63, 3.8) is 0 Å². The van der Waals surface area contributed by atoms with Gasteiger partial charge in [-0.3, -0.25) is 19.4 Å². The number of aromatic nitrogens is 2. The van der Waals surface area contributed by atoms with Crippen molar-refractivity contribution in [1.29, 1.82) is 0 Å². The van der Waals surface area contributed by atoms with Gasteiger partial charge < -0.3 is 4.90 Å². The summed E-state index contributed by atoms with van der Waals surface area (Å²) in [5, 5.41) is 0. The van der Waals surface area contributed by atoms with E-state index in [1.54, 1.807) is 12.4 Å². The van der Waals surface area contributed by atoms with E-state index in [-0.39, 0.29) is 23.8 Å². The van der Waals surface area contributed by atoms with Crippen LogP contribution in [0.4, 0.5) is 5.95 Å². The number of likely N-dealkylation sites (tertiary alicyclic amines) is 1. The Kier molecular flexibility index (Phi) is 5.58. The highest BCUT2D eigenvalue weighted by Crippen LogP contribution is 2.46. The molecule has 2 saturated heterocycles. The molecule has 3 fully saturated rings. The average Bonchev–Trinajstić information content (AvgIpc) is 3.15. The molecule has 2 aliphatic heterocycles. The van der Waals surface area contributed by atoms with Gasteiger partial charge in [0.2, 0.25) is 17.8 Å². The van der Waals surface area contributed by atoms with Crippen molar-refractivity contribution >= 4 is 17.8 Å². The molecule has 3 heterocycles. The fraction of sp³-hybridized carbons (Fsp3) is 0.619. The average molecular weight is 381 g/mol. The summed E-state index contributed by atoms with van der Waals surface area (Å²) in [4.78, 5) is 39.3. The van der Waals surface area contributed by atoms with Crippen molar-refractivity contribution in [3.05, 3.63) is 18.5 Å². The number of carbonyl (C=O) groups excluding carboxylic acids is 2. The minimum absolute atomic E-state index is 0.0380. The summed E-state index contributed by atoms with van der Waals surface area (Å²) in [5.41, 5.74) is -0.0414. The van der Waals surface area contributed by atoms with E-state index in [1.165, 1.54) is 4.90 Å². The molecule has 7 nitrogen and oxygen atoms in total. The van der Waals surface area contributed by atoms with Gasteiger partial charge in [0.1, 0.15) is 0 Å². The maximum absolute atomic E-state index is 12.4.